The average molecular weight is 455 g/mol. The number of carbonyl (C=O) groups is 2. The van der Waals surface area contributed by atoms with Gasteiger partial charge in [0.15, 0.2) is 5.17 Å². The van der Waals surface area contributed by atoms with Crippen LogP contribution in [-0.2, 0) is 9.53 Å². The highest BCUT2D eigenvalue weighted by Crippen LogP contribution is 2.35. The van der Waals surface area contributed by atoms with Crippen molar-refractivity contribution in [1.82, 2.24) is 4.90 Å². The van der Waals surface area contributed by atoms with Crippen LogP contribution in [0.1, 0.15) is 22.8 Å². The summed E-state index contributed by atoms with van der Waals surface area (Å²) in [5, 5.41) is 11.9. The van der Waals surface area contributed by atoms with Gasteiger partial charge in [-0.3, -0.25) is 19.8 Å². The van der Waals surface area contributed by atoms with Crippen LogP contribution in [0.3, 0.4) is 0 Å². The lowest BCUT2D eigenvalue weighted by Crippen LogP contribution is -2.23. The molecule has 0 N–H and O–H groups in total. The molecule has 32 heavy (non-hydrogen) atoms. The van der Waals surface area contributed by atoms with E-state index in [-0.39, 0.29) is 18.2 Å². The number of esters is 1. The van der Waals surface area contributed by atoms with E-state index in [1.54, 1.807) is 75.4 Å². The largest absolute Gasteiger partial charge is 0.462 e. The number of likely N-dealkylation sites (N-methyl/N-ethyl adjacent to an activating group) is 1. The molecule has 1 aliphatic rings. The number of hydrogen-bond acceptors (Lipinski definition) is 8. The maximum Gasteiger partial charge on any atom is 0.338 e. The van der Waals surface area contributed by atoms with E-state index in [4.69, 9.17) is 4.74 Å². The number of anilines is 1. The molecule has 2 aromatic carbocycles. The van der Waals surface area contributed by atoms with E-state index in [0.29, 0.717) is 32.6 Å². The first-order valence-electron chi connectivity index (χ1n) is 9.70. The topological polar surface area (TPSA) is 105 Å². The van der Waals surface area contributed by atoms with Crippen molar-refractivity contribution in [3.63, 3.8) is 0 Å². The van der Waals surface area contributed by atoms with E-state index in [1.807, 2.05) is 0 Å². The Balaban J connectivity index is 1.90. The standard InChI is InChI=1S/C22H22N4O5S/c1-5-31-21(28)15-7-6-8-16(13-15)23-22-25(4)20(27)19(32-22)12-14-9-10-17(24(2)3)18(11-14)26(29)30/h6-13H,5H2,1-4H3. The molecule has 0 atom stereocenters. The minimum absolute atomic E-state index is 0.0437. The fourth-order valence-electron chi connectivity index (χ4n) is 2.98. The molecule has 0 radical (unpaired) electrons. The summed E-state index contributed by atoms with van der Waals surface area (Å²) in [5.41, 5.74) is 1.85. The number of rotatable bonds is 6. The third-order valence-corrected chi connectivity index (χ3v) is 5.62. The molecule has 2 aromatic rings. The van der Waals surface area contributed by atoms with Crippen LogP contribution in [-0.4, -0.2) is 54.6 Å². The van der Waals surface area contributed by atoms with Crippen molar-refractivity contribution < 1.29 is 19.2 Å². The van der Waals surface area contributed by atoms with Gasteiger partial charge in [-0.05, 0) is 54.6 Å². The van der Waals surface area contributed by atoms with E-state index in [1.165, 1.54) is 11.0 Å². The van der Waals surface area contributed by atoms with E-state index in [0.717, 1.165) is 11.8 Å². The Labute approximate surface area is 189 Å². The van der Waals surface area contributed by atoms with Crippen LogP contribution in [0.4, 0.5) is 17.1 Å². The lowest BCUT2D eigenvalue weighted by Gasteiger charge is -2.12. The van der Waals surface area contributed by atoms with Crippen LogP contribution in [0.2, 0.25) is 0 Å². The molecular formula is C22H22N4O5S. The number of nitrogens with zero attached hydrogens (tertiary/aromatic N) is 4. The molecule has 1 amide bonds. The fraction of sp³-hybridized carbons (Fsp3) is 0.227. The molecule has 0 spiro atoms. The first-order chi connectivity index (χ1) is 15.2. The van der Waals surface area contributed by atoms with Crippen LogP contribution in [0.15, 0.2) is 52.4 Å². The lowest BCUT2D eigenvalue weighted by atomic mass is 10.1. The fourth-order valence-corrected chi connectivity index (χ4v) is 3.97. The van der Waals surface area contributed by atoms with Crippen molar-refractivity contribution in [3.8, 4) is 0 Å². The number of hydrogen-bond donors (Lipinski definition) is 0. The second kappa shape index (κ2) is 9.65. The van der Waals surface area contributed by atoms with Gasteiger partial charge in [0.2, 0.25) is 0 Å². The summed E-state index contributed by atoms with van der Waals surface area (Å²) in [4.78, 5) is 43.6. The van der Waals surface area contributed by atoms with Crippen LogP contribution in [0.25, 0.3) is 6.08 Å². The number of aliphatic imine (C=N–C) groups is 1. The minimum Gasteiger partial charge on any atom is -0.462 e. The van der Waals surface area contributed by atoms with Crippen molar-refractivity contribution >= 4 is 51.9 Å². The number of carbonyl (C=O) groups excluding carboxylic acids is 2. The van der Waals surface area contributed by atoms with Gasteiger partial charge >= 0.3 is 5.97 Å². The predicted octanol–water partition coefficient (Wildman–Crippen LogP) is 4.07. The molecule has 1 saturated heterocycles. The molecule has 10 heteroatoms. The van der Waals surface area contributed by atoms with Gasteiger partial charge < -0.3 is 9.64 Å². The average Bonchev–Trinajstić information content (AvgIpc) is 3.01. The third-order valence-electron chi connectivity index (χ3n) is 4.56. The normalized spacial score (nSPS) is 16.0. The number of amidine groups is 1. The van der Waals surface area contributed by atoms with Crippen LogP contribution >= 0.6 is 11.8 Å². The molecule has 166 valence electrons. The van der Waals surface area contributed by atoms with Gasteiger partial charge in [-0.2, -0.15) is 0 Å². The zero-order valence-electron chi connectivity index (χ0n) is 18.1. The molecule has 0 unspecified atom stereocenters. The smallest absolute Gasteiger partial charge is 0.338 e. The van der Waals surface area contributed by atoms with Crippen LogP contribution < -0.4 is 4.90 Å². The lowest BCUT2D eigenvalue weighted by molar-refractivity contribution is -0.384. The third kappa shape index (κ3) is 4.97. The second-order valence-electron chi connectivity index (χ2n) is 7.04. The Bertz CT molecular complexity index is 1140. The van der Waals surface area contributed by atoms with E-state index < -0.39 is 10.9 Å². The van der Waals surface area contributed by atoms with Gasteiger partial charge in [0.05, 0.1) is 27.7 Å². The van der Waals surface area contributed by atoms with E-state index in [2.05, 4.69) is 4.99 Å². The summed E-state index contributed by atoms with van der Waals surface area (Å²) in [7, 11) is 5.05. The molecule has 1 aliphatic heterocycles. The number of nitro benzene ring substituents is 1. The van der Waals surface area contributed by atoms with Crippen LogP contribution in [0, 0.1) is 10.1 Å². The summed E-state index contributed by atoms with van der Waals surface area (Å²) in [6.07, 6.45) is 1.60. The number of nitro groups is 1. The molecule has 3 rings (SSSR count). The number of amides is 1. The Hall–Kier alpha value is -3.66. The Morgan fingerprint density at radius 1 is 1.28 bits per heavy atom. The van der Waals surface area contributed by atoms with Crippen LogP contribution in [0.5, 0.6) is 0 Å². The number of ether oxygens (including phenoxy) is 1. The zero-order chi connectivity index (χ0) is 23.4. The quantitative estimate of drug-likeness (QED) is 0.280. The highest BCUT2D eigenvalue weighted by atomic mass is 32.2. The molecule has 1 fully saturated rings. The summed E-state index contributed by atoms with van der Waals surface area (Å²) in [5.74, 6) is -0.712. The van der Waals surface area contributed by atoms with E-state index in [9.17, 15) is 19.7 Å². The molecule has 0 bridgehead atoms. The molecule has 0 saturated carbocycles. The Morgan fingerprint density at radius 3 is 2.69 bits per heavy atom. The van der Waals surface area contributed by atoms with Crippen molar-refractivity contribution in [2.45, 2.75) is 6.92 Å². The molecule has 0 aliphatic carbocycles. The summed E-state index contributed by atoms with van der Waals surface area (Å²) < 4.78 is 5.01. The van der Waals surface area contributed by atoms with Gasteiger partial charge in [0, 0.05) is 27.2 Å². The highest BCUT2D eigenvalue weighted by molar-refractivity contribution is 8.18. The molecule has 1 heterocycles. The van der Waals surface area contributed by atoms with Gasteiger partial charge in [0.1, 0.15) is 5.69 Å². The first-order valence-corrected chi connectivity index (χ1v) is 10.5. The van der Waals surface area contributed by atoms with E-state index >= 15 is 0 Å². The molecule has 0 aromatic heterocycles. The molecular weight excluding hydrogens is 432 g/mol. The maximum atomic E-state index is 12.7. The predicted molar refractivity (Wildman–Crippen MR) is 125 cm³/mol. The van der Waals surface area contributed by atoms with Crippen molar-refractivity contribution in [1.29, 1.82) is 0 Å². The van der Waals surface area contributed by atoms with Gasteiger partial charge in [-0.15, -0.1) is 0 Å². The monoisotopic (exact) mass is 454 g/mol. The minimum atomic E-state index is -0.448. The summed E-state index contributed by atoms with van der Waals surface area (Å²) >= 11 is 1.16. The van der Waals surface area contributed by atoms with Crippen molar-refractivity contribution in [3.05, 3.63) is 68.6 Å². The summed E-state index contributed by atoms with van der Waals surface area (Å²) in [6.45, 7) is 2.00. The van der Waals surface area contributed by atoms with Gasteiger partial charge in [-0.1, -0.05) is 12.1 Å². The van der Waals surface area contributed by atoms with Gasteiger partial charge in [0.25, 0.3) is 11.6 Å². The summed E-state index contributed by atoms with van der Waals surface area (Å²) in [6, 6.07) is 11.4. The van der Waals surface area contributed by atoms with Crippen molar-refractivity contribution in [2.24, 2.45) is 4.99 Å². The molecule has 9 nitrogen and oxygen atoms in total. The number of thioether (sulfide) groups is 1. The van der Waals surface area contributed by atoms with Gasteiger partial charge in [-0.25, -0.2) is 9.79 Å². The van der Waals surface area contributed by atoms with Crippen molar-refractivity contribution in [2.75, 3.05) is 32.6 Å². The maximum absolute atomic E-state index is 12.7. The number of benzene rings is 2. The Morgan fingerprint density at radius 2 is 2.03 bits per heavy atom. The Kier molecular flexibility index (Phi) is 6.94. The second-order valence-corrected chi connectivity index (χ2v) is 8.05. The SMILES string of the molecule is CCOC(=O)c1cccc(N=C2SC(=Cc3ccc(N(C)C)c([N+](=O)[O-])c3)C(=O)N2C)c1. The zero-order valence-corrected chi connectivity index (χ0v) is 18.9. The highest BCUT2D eigenvalue weighted by Gasteiger charge is 2.30. The first kappa shape index (κ1) is 23.0.